The lowest BCUT2D eigenvalue weighted by atomic mass is 10.1. The molecule has 0 radical (unpaired) electrons. The fourth-order valence-electron chi connectivity index (χ4n) is 4.39. The van der Waals surface area contributed by atoms with E-state index in [0.717, 1.165) is 79.7 Å². The van der Waals surface area contributed by atoms with Gasteiger partial charge in [-0.3, -0.25) is 4.98 Å². The van der Waals surface area contributed by atoms with Crippen molar-refractivity contribution in [1.29, 1.82) is 0 Å². The average Bonchev–Trinajstić information content (AvgIpc) is 3.34. The van der Waals surface area contributed by atoms with Crippen molar-refractivity contribution in [2.45, 2.75) is 112 Å². The number of aryl methyl sites for hydroxylation is 1. The zero-order valence-corrected chi connectivity index (χ0v) is 33.3. The van der Waals surface area contributed by atoms with Crippen LogP contribution in [0.3, 0.4) is 0 Å². The summed E-state index contributed by atoms with van der Waals surface area (Å²) in [5.41, 5.74) is 10.5. The van der Waals surface area contributed by atoms with E-state index in [9.17, 15) is 0 Å². The number of unbranched alkanes of at least 4 members (excludes halogenated alkanes) is 3. The molecule has 262 valence electrons. The van der Waals surface area contributed by atoms with E-state index in [1.807, 2.05) is 30.8 Å². The zero-order valence-electron chi connectivity index (χ0n) is 30.4. The largest absolute Gasteiger partial charge is 0.496 e. The van der Waals surface area contributed by atoms with Gasteiger partial charge in [0.2, 0.25) is 5.95 Å². The van der Waals surface area contributed by atoms with Gasteiger partial charge in [-0.1, -0.05) is 46.0 Å². The first-order valence-corrected chi connectivity index (χ1v) is 18.2. The Bertz CT molecular complexity index is 1580. The lowest BCUT2D eigenvalue weighted by Gasteiger charge is -2.19. The quantitative estimate of drug-likeness (QED) is 0.0598. The number of fused-ring (bicyclic) bond motifs is 1. The number of nitrogens with two attached hydrogens (primary N) is 1. The van der Waals surface area contributed by atoms with Crippen molar-refractivity contribution in [3.8, 4) is 42.3 Å². The smallest absolute Gasteiger partial charge is 0.223 e. The third-order valence-corrected chi connectivity index (χ3v) is 7.76. The van der Waals surface area contributed by atoms with Gasteiger partial charge in [0.05, 0.1) is 30.3 Å². The van der Waals surface area contributed by atoms with Gasteiger partial charge in [-0.15, -0.1) is 24.7 Å². The molecule has 0 aliphatic heterocycles. The summed E-state index contributed by atoms with van der Waals surface area (Å²) in [6, 6.07) is 0. The number of anilines is 1. The number of rotatable bonds is 11. The molecule has 3 aromatic rings. The number of aromatic nitrogens is 4. The summed E-state index contributed by atoms with van der Waals surface area (Å²) in [6.07, 6.45) is 19.6. The molecule has 0 saturated carbocycles. The van der Waals surface area contributed by atoms with Crippen LogP contribution in [0.25, 0.3) is 11.0 Å². The number of nitrogens with one attached hydrogen (secondary N) is 2. The summed E-state index contributed by atoms with van der Waals surface area (Å²) < 4.78 is 8.70. The van der Waals surface area contributed by atoms with E-state index in [1.165, 1.54) is 4.43 Å². The predicted molar refractivity (Wildman–Crippen MR) is 213 cm³/mol. The summed E-state index contributed by atoms with van der Waals surface area (Å²) in [5, 5.41) is 7.84. The number of nitrogen functional groups attached to an aromatic ring is 1. The SMILES string of the molecule is C#CCCCI.C#CCCCNC(C)(C)C.COc1c(C)cnc(Cn2cc(C#CCCCNC(C)(C)C)c3c(Cl)nc(N)nc32)c1C. The van der Waals surface area contributed by atoms with Gasteiger partial charge in [0, 0.05) is 58.3 Å². The molecule has 3 rings (SSSR count). The molecule has 0 atom stereocenters. The van der Waals surface area contributed by atoms with Crippen molar-refractivity contribution in [1.82, 2.24) is 30.2 Å². The molecule has 0 saturated heterocycles. The average molecular weight is 788 g/mol. The molecule has 3 aromatic heterocycles. The molecule has 0 aliphatic rings. The Morgan fingerprint density at radius 3 is 2.06 bits per heavy atom. The molecule has 0 bridgehead atoms. The number of methoxy groups -OCH3 is 1. The minimum absolute atomic E-state index is 0.108. The highest BCUT2D eigenvalue weighted by Gasteiger charge is 2.17. The van der Waals surface area contributed by atoms with E-state index in [0.29, 0.717) is 22.7 Å². The first kappa shape index (κ1) is 43.0. The first-order valence-electron chi connectivity index (χ1n) is 16.3. The molecule has 48 heavy (non-hydrogen) atoms. The number of ether oxygens (including phenoxy) is 1. The Morgan fingerprint density at radius 2 is 1.54 bits per heavy atom. The zero-order chi connectivity index (χ0) is 36.3. The van der Waals surface area contributed by atoms with Crippen LogP contribution in [0, 0.1) is 50.4 Å². The van der Waals surface area contributed by atoms with Gasteiger partial charge in [0.15, 0.2) is 0 Å². The highest BCUT2D eigenvalue weighted by atomic mass is 127. The van der Waals surface area contributed by atoms with Crippen LogP contribution < -0.4 is 21.1 Å². The minimum atomic E-state index is 0.108. The molecule has 0 unspecified atom stereocenters. The molecular formula is C38H55ClIN7O. The number of nitrogens with zero attached hydrogens (tertiary/aromatic N) is 4. The van der Waals surface area contributed by atoms with Gasteiger partial charge in [0.25, 0.3) is 0 Å². The Kier molecular flexibility index (Phi) is 19.6. The van der Waals surface area contributed by atoms with E-state index in [-0.39, 0.29) is 17.0 Å². The molecule has 0 aliphatic carbocycles. The van der Waals surface area contributed by atoms with Gasteiger partial charge in [0.1, 0.15) is 16.5 Å². The third kappa shape index (κ3) is 16.4. The summed E-state index contributed by atoms with van der Waals surface area (Å²) in [4.78, 5) is 13.2. The van der Waals surface area contributed by atoms with Gasteiger partial charge in [-0.05, 0) is 87.7 Å². The lowest BCUT2D eigenvalue weighted by Crippen LogP contribution is -2.36. The predicted octanol–water partition coefficient (Wildman–Crippen LogP) is 7.88. The second-order valence-corrected chi connectivity index (χ2v) is 14.8. The Labute approximate surface area is 308 Å². The second kappa shape index (κ2) is 21.9. The fraction of sp³-hybridized carbons (Fsp3) is 0.553. The van der Waals surface area contributed by atoms with Crippen LogP contribution in [0.15, 0.2) is 12.4 Å². The number of halogens is 2. The maximum atomic E-state index is 6.44. The highest BCUT2D eigenvalue weighted by molar-refractivity contribution is 14.1. The fourth-order valence-corrected chi connectivity index (χ4v) is 5.04. The van der Waals surface area contributed by atoms with E-state index in [1.54, 1.807) is 7.11 Å². The van der Waals surface area contributed by atoms with Crippen LogP contribution in [0.1, 0.15) is 102 Å². The van der Waals surface area contributed by atoms with E-state index >= 15 is 0 Å². The summed E-state index contributed by atoms with van der Waals surface area (Å²) >= 11 is 8.75. The van der Waals surface area contributed by atoms with Crippen LogP contribution in [0.4, 0.5) is 5.95 Å². The van der Waals surface area contributed by atoms with Crippen molar-refractivity contribution in [2.75, 3.05) is 30.4 Å². The number of hydrogen-bond acceptors (Lipinski definition) is 7. The van der Waals surface area contributed by atoms with Crippen LogP contribution in [-0.4, -0.2) is 55.2 Å². The highest BCUT2D eigenvalue weighted by Crippen LogP contribution is 2.29. The summed E-state index contributed by atoms with van der Waals surface area (Å²) in [5.74, 6) is 12.6. The van der Waals surface area contributed by atoms with E-state index < -0.39 is 0 Å². The van der Waals surface area contributed by atoms with Crippen LogP contribution in [0.5, 0.6) is 5.75 Å². The number of alkyl halides is 1. The van der Waals surface area contributed by atoms with Gasteiger partial charge in [-0.2, -0.15) is 4.98 Å². The van der Waals surface area contributed by atoms with Crippen molar-refractivity contribution >= 4 is 51.2 Å². The van der Waals surface area contributed by atoms with Crippen molar-refractivity contribution in [3.05, 3.63) is 39.9 Å². The van der Waals surface area contributed by atoms with Crippen molar-refractivity contribution in [2.24, 2.45) is 0 Å². The monoisotopic (exact) mass is 787 g/mol. The second-order valence-electron chi connectivity index (χ2n) is 13.4. The van der Waals surface area contributed by atoms with Crippen molar-refractivity contribution < 1.29 is 4.74 Å². The lowest BCUT2D eigenvalue weighted by molar-refractivity contribution is 0.406. The van der Waals surface area contributed by atoms with Gasteiger partial charge >= 0.3 is 0 Å². The van der Waals surface area contributed by atoms with Gasteiger partial charge < -0.3 is 25.7 Å². The van der Waals surface area contributed by atoms with E-state index in [4.69, 9.17) is 34.9 Å². The third-order valence-electron chi connectivity index (χ3n) is 6.72. The Hall–Kier alpha value is -3.01. The minimum Gasteiger partial charge on any atom is -0.496 e. The molecular weight excluding hydrogens is 733 g/mol. The Balaban J connectivity index is 0.000000595. The summed E-state index contributed by atoms with van der Waals surface area (Å²) in [6.45, 7) is 19.3. The van der Waals surface area contributed by atoms with Gasteiger partial charge in [-0.25, -0.2) is 4.98 Å². The van der Waals surface area contributed by atoms with Crippen LogP contribution in [-0.2, 0) is 6.54 Å². The molecule has 3 heterocycles. The summed E-state index contributed by atoms with van der Waals surface area (Å²) in [7, 11) is 1.67. The molecule has 8 nitrogen and oxygen atoms in total. The molecule has 0 fully saturated rings. The Morgan fingerprint density at radius 1 is 0.958 bits per heavy atom. The first-order chi connectivity index (χ1) is 22.6. The topological polar surface area (TPSA) is 103 Å². The molecule has 10 heteroatoms. The van der Waals surface area contributed by atoms with E-state index in [2.05, 4.69) is 113 Å². The molecule has 0 aromatic carbocycles. The van der Waals surface area contributed by atoms with Crippen LogP contribution in [0.2, 0.25) is 5.15 Å². The molecule has 0 spiro atoms. The maximum Gasteiger partial charge on any atom is 0.223 e. The number of terminal acetylenes is 2. The number of pyridine rings is 1. The maximum absolute atomic E-state index is 6.44. The molecule has 0 amide bonds. The number of hydrogen-bond donors (Lipinski definition) is 3. The van der Waals surface area contributed by atoms with Crippen LogP contribution >= 0.6 is 34.2 Å². The molecule has 4 N–H and O–H groups in total. The standard InChI is InChI=1S/C24H31ClN6O.C9H17N.C5H7I/c1-15-12-27-18(16(2)20(15)32-6)14-31-13-17(10-8-7-9-11-28-24(3,4)5)19-21(25)29-23(26)30-22(19)31;1-5-6-7-8-10-9(2,3)4;1-2-3-4-5-6/h12-13,28H,7,9,11,14H2,1-6H3,(H2,26,29,30);1,10H,6-8H2,2-4H3;1H,3-5H2. The normalized spacial score (nSPS) is 10.9. The van der Waals surface area contributed by atoms with Crippen molar-refractivity contribution in [3.63, 3.8) is 0 Å².